The number of rotatable bonds is 4. The van der Waals surface area contributed by atoms with Crippen LogP contribution in [-0.4, -0.2) is 16.1 Å². The van der Waals surface area contributed by atoms with Gasteiger partial charge >= 0.3 is 5.97 Å². The smallest absolute Gasteiger partial charge is 0.307 e. The highest BCUT2D eigenvalue weighted by molar-refractivity contribution is 9.08. The maximum atomic E-state index is 12.6. The third kappa shape index (κ3) is 2.88. The predicted octanol–water partition coefficient (Wildman–Crippen LogP) is 2.12. The molecule has 0 aromatic carbocycles. The number of pyridine rings is 1. The molecule has 1 aromatic rings. The molecule has 0 aliphatic rings. The molecule has 88 valence electrons. The molecular formula is C9H9BrF2N2O2. The number of hydrogen-bond acceptors (Lipinski definition) is 3. The molecule has 0 saturated carbocycles. The highest BCUT2D eigenvalue weighted by Gasteiger charge is 2.17. The molecule has 0 unspecified atom stereocenters. The number of aromatic nitrogens is 1. The van der Waals surface area contributed by atoms with Gasteiger partial charge in [-0.25, -0.2) is 13.8 Å². The minimum atomic E-state index is -2.70. The Kier molecular flexibility index (Phi) is 4.17. The van der Waals surface area contributed by atoms with E-state index in [2.05, 4.69) is 20.9 Å². The van der Waals surface area contributed by atoms with Crippen LogP contribution in [0.2, 0.25) is 0 Å². The lowest BCUT2D eigenvalue weighted by Crippen LogP contribution is -2.09. The number of aliphatic carboxylic acids is 1. The van der Waals surface area contributed by atoms with Crippen molar-refractivity contribution in [2.75, 3.05) is 5.73 Å². The number of carbonyl (C=O) groups is 1. The molecule has 0 fully saturated rings. The molecule has 0 aliphatic heterocycles. The van der Waals surface area contributed by atoms with Crippen LogP contribution in [0.4, 0.5) is 14.6 Å². The summed E-state index contributed by atoms with van der Waals surface area (Å²) in [5, 5.41) is 8.71. The van der Waals surface area contributed by atoms with Gasteiger partial charge in [-0.15, -0.1) is 0 Å². The van der Waals surface area contributed by atoms with Gasteiger partial charge in [-0.1, -0.05) is 15.9 Å². The molecule has 7 heteroatoms. The van der Waals surface area contributed by atoms with E-state index in [1.54, 1.807) is 0 Å². The van der Waals surface area contributed by atoms with E-state index in [-0.39, 0.29) is 28.0 Å². The molecule has 0 atom stereocenters. The van der Waals surface area contributed by atoms with Gasteiger partial charge in [0.2, 0.25) is 0 Å². The minimum absolute atomic E-state index is 0.0266. The number of nitrogens with two attached hydrogens (primary N) is 1. The maximum absolute atomic E-state index is 12.6. The molecule has 0 saturated heterocycles. The van der Waals surface area contributed by atoms with E-state index >= 15 is 0 Å². The first-order chi connectivity index (χ1) is 7.45. The molecule has 16 heavy (non-hydrogen) atoms. The summed E-state index contributed by atoms with van der Waals surface area (Å²) < 4.78 is 25.2. The molecule has 1 rings (SSSR count). The zero-order valence-corrected chi connectivity index (χ0v) is 9.67. The third-order valence-electron chi connectivity index (χ3n) is 1.95. The lowest BCUT2D eigenvalue weighted by molar-refractivity contribution is -0.136. The quantitative estimate of drug-likeness (QED) is 0.834. The van der Waals surface area contributed by atoms with E-state index in [0.29, 0.717) is 0 Å². The number of carboxylic acids is 1. The number of nitrogen functional groups attached to an aromatic ring is 1. The van der Waals surface area contributed by atoms with Gasteiger partial charge in [-0.05, 0) is 6.07 Å². The molecule has 1 aromatic heterocycles. The van der Waals surface area contributed by atoms with Gasteiger partial charge in [-0.2, -0.15) is 0 Å². The fourth-order valence-electron chi connectivity index (χ4n) is 1.23. The highest BCUT2D eigenvalue weighted by Crippen LogP contribution is 2.26. The summed E-state index contributed by atoms with van der Waals surface area (Å²) in [5.74, 6) is -1.17. The summed E-state index contributed by atoms with van der Waals surface area (Å²) in [6, 6.07) is 1.09. The summed E-state index contributed by atoms with van der Waals surface area (Å²) >= 11 is 3.02. The number of carboxylic acid groups (broad SMARTS) is 1. The molecular weight excluding hydrogens is 286 g/mol. The van der Waals surface area contributed by atoms with Gasteiger partial charge in [0.15, 0.2) is 0 Å². The van der Waals surface area contributed by atoms with Crippen LogP contribution in [0.1, 0.15) is 23.2 Å². The van der Waals surface area contributed by atoms with Gasteiger partial charge in [0, 0.05) is 16.5 Å². The van der Waals surface area contributed by atoms with Crippen LogP contribution in [0.25, 0.3) is 0 Å². The second-order valence-corrected chi connectivity index (χ2v) is 3.63. The number of nitrogens with zero attached hydrogens (tertiary/aromatic N) is 1. The Balaban J connectivity index is 3.21. The summed E-state index contributed by atoms with van der Waals surface area (Å²) in [5.41, 5.74) is 5.42. The summed E-state index contributed by atoms with van der Waals surface area (Å²) in [6.07, 6.45) is -3.12. The largest absolute Gasteiger partial charge is 0.481 e. The molecule has 1 heterocycles. The van der Waals surface area contributed by atoms with E-state index in [4.69, 9.17) is 10.8 Å². The zero-order valence-electron chi connectivity index (χ0n) is 8.08. The SMILES string of the molecule is Nc1nc(CBr)c(C(F)F)cc1CC(=O)O. The van der Waals surface area contributed by atoms with Crippen molar-refractivity contribution >= 4 is 27.7 Å². The molecule has 0 spiro atoms. The molecule has 0 bridgehead atoms. The lowest BCUT2D eigenvalue weighted by atomic mass is 10.1. The lowest BCUT2D eigenvalue weighted by Gasteiger charge is -2.10. The van der Waals surface area contributed by atoms with Crippen LogP contribution in [0.5, 0.6) is 0 Å². The number of hydrogen-bond donors (Lipinski definition) is 2. The zero-order chi connectivity index (χ0) is 12.3. The monoisotopic (exact) mass is 294 g/mol. The van der Waals surface area contributed by atoms with Crippen molar-refractivity contribution in [3.8, 4) is 0 Å². The highest BCUT2D eigenvalue weighted by atomic mass is 79.9. The van der Waals surface area contributed by atoms with Crippen molar-refractivity contribution in [1.29, 1.82) is 0 Å². The Hall–Kier alpha value is -1.24. The van der Waals surface area contributed by atoms with E-state index in [1.807, 2.05) is 0 Å². The van der Waals surface area contributed by atoms with E-state index in [0.717, 1.165) is 6.07 Å². The first kappa shape index (κ1) is 12.8. The van der Waals surface area contributed by atoms with Crippen LogP contribution in [-0.2, 0) is 16.5 Å². The third-order valence-corrected chi connectivity index (χ3v) is 2.48. The standard InChI is InChI=1S/C9H9BrF2N2O2/c10-3-6-5(8(11)12)1-4(2-7(15)16)9(13)14-6/h1,8H,2-3H2,(H2,13,14)(H,15,16). The summed E-state index contributed by atoms with van der Waals surface area (Å²) in [4.78, 5) is 14.2. The molecule has 4 nitrogen and oxygen atoms in total. The van der Waals surface area contributed by atoms with Gasteiger partial charge in [0.1, 0.15) is 5.82 Å². The fraction of sp³-hybridized carbons (Fsp3) is 0.333. The van der Waals surface area contributed by atoms with Gasteiger partial charge in [0.05, 0.1) is 12.1 Å². The predicted molar refractivity (Wildman–Crippen MR) is 57.6 cm³/mol. The maximum Gasteiger partial charge on any atom is 0.307 e. The molecule has 0 aliphatic carbocycles. The van der Waals surface area contributed by atoms with Gasteiger partial charge in [0.25, 0.3) is 6.43 Å². The molecule has 0 radical (unpaired) electrons. The van der Waals surface area contributed by atoms with Crippen molar-refractivity contribution in [2.24, 2.45) is 0 Å². The van der Waals surface area contributed by atoms with Crippen LogP contribution < -0.4 is 5.73 Å². The van der Waals surface area contributed by atoms with Crippen LogP contribution in [0, 0.1) is 0 Å². The van der Waals surface area contributed by atoms with E-state index < -0.39 is 18.8 Å². The second-order valence-electron chi connectivity index (χ2n) is 3.07. The average molecular weight is 295 g/mol. The van der Waals surface area contributed by atoms with Crippen LogP contribution >= 0.6 is 15.9 Å². The Morgan fingerprint density at radius 2 is 2.25 bits per heavy atom. The van der Waals surface area contributed by atoms with Crippen molar-refractivity contribution in [2.45, 2.75) is 18.2 Å². The average Bonchev–Trinajstić information content (AvgIpc) is 2.19. The normalized spacial score (nSPS) is 10.8. The van der Waals surface area contributed by atoms with Crippen LogP contribution in [0.3, 0.4) is 0 Å². The van der Waals surface area contributed by atoms with E-state index in [1.165, 1.54) is 0 Å². The first-order valence-corrected chi connectivity index (χ1v) is 5.42. The first-order valence-electron chi connectivity index (χ1n) is 4.29. The fourth-order valence-corrected chi connectivity index (χ4v) is 1.68. The van der Waals surface area contributed by atoms with Crippen molar-refractivity contribution in [3.05, 3.63) is 22.9 Å². The topological polar surface area (TPSA) is 76.2 Å². The Bertz CT molecular complexity index is 413. The summed E-state index contributed by atoms with van der Waals surface area (Å²) in [7, 11) is 0. The molecule has 0 amide bonds. The van der Waals surface area contributed by atoms with Crippen molar-refractivity contribution in [1.82, 2.24) is 4.98 Å². The summed E-state index contributed by atoms with van der Waals surface area (Å²) in [6.45, 7) is 0. The Labute approximate surface area is 98.6 Å². The number of halogens is 3. The van der Waals surface area contributed by atoms with Crippen molar-refractivity contribution < 1.29 is 18.7 Å². The Morgan fingerprint density at radius 1 is 1.62 bits per heavy atom. The van der Waals surface area contributed by atoms with E-state index in [9.17, 15) is 13.6 Å². The second kappa shape index (κ2) is 5.20. The number of alkyl halides is 3. The Morgan fingerprint density at radius 3 is 2.69 bits per heavy atom. The van der Waals surface area contributed by atoms with Gasteiger partial charge < -0.3 is 10.8 Å². The van der Waals surface area contributed by atoms with Crippen molar-refractivity contribution in [3.63, 3.8) is 0 Å². The minimum Gasteiger partial charge on any atom is -0.481 e. The van der Waals surface area contributed by atoms with Crippen LogP contribution in [0.15, 0.2) is 6.07 Å². The molecule has 3 N–H and O–H groups in total. The van der Waals surface area contributed by atoms with Gasteiger partial charge in [-0.3, -0.25) is 4.79 Å². The number of anilines is 1.